The Morgan fingerprint density at radius 1 is 1.20 bits per heavy atom. The quantitative estimate of drug-likeness (QED) is 0.579. The van der Waals surface area contributed by atoms with Gasteiger partial charge in [0.15, 0.2) is 0 Å². The highest BCUT2D eigenvalue weighted by molar-refractivity contribution is 6.17. The summed E-state index contributed by atoms with van der Waals surface area (Å²) >= 11 is 5.84. The Hall–Kier alpha value is -2.67. The zero-order valence-corrected chi connectivity index (χ0v) is 14.7. The number of alkyl halides is 1. The van der Waals surface area contributed by atoms with Gasteiger partial charge in [-0.25, -0.2) is 24.5 Å². The van der Waals surface area contributed by atoms with Gasteiger partial charge in [-0.05, 0) is 12.5 Å². The lowest BCUT2D eigenvalue weighted by molar-refractivity contribution is 0.0524. The molecule has 1 aromatic heterocycles. The van der Waals surface area contributed by atoms with Crippen molar-refractivity contribution in [2.45, 2.75) is 19.4 Å². The molecule has 0 atom stereocenters. The fourth-order valence-electron chi connectivity index (χ4n) is 1.95. The van der Waals surface area contributed by atoms with Crippen molar-refractivity contribution in [1.82, 2.24) is 9.97 Å². The Bertz CT molecular complexity index is 740. The number of hydrogen-bond acceptors (Lipinski definition) is 6. The average Bonchev–Trinajstić information content (AvgIpc) is 2.65. The topological polar surface area (TPSA) is 81.6 Å². The SMILES string of the molecule is CCOC(=O)c1cnc(N(C)C(=O)OCc2ccccc2)nc1CCl. The minimum atomic E-state index is -0.617. The molecule has 1 aromatic carbocycles. The standard InChI is InChI=1S/C17H18ClN3O4/c1-3-24-15(22)13-10-19-16(20-14(13)9-18)21(2)17(23)25-11-12-7-5-4-6-8-12/h4-8,10H,3,9,11H2,1-2H3. The fraction of sp³-hybridized carbons (Fsp3) is 0.294. The molecule has 0 unspecified atom stereocenters. The molecule has 0 radical (unpaired) electrons. The predicted octanol–water partition coefficient (Wildman–Crippen LogP) is 3.17. The first kappa shape index (κ1) is 18.7. The Kier molecular flexibility index (Phi) is 6.71. The van der Waals surface area contributed by atoms with Crippen LogP contribution < -0.4 is 4.90 Å². The summed E-state index contributed by atoms with van der Waals surface area (Å²) in [7, 11) is 1.48. The lowest BCUT2D eigenvalue weighted by Gasteiger charge is -2.16. The second-order valence-electron chi connectivity index (χ2n) is 4.98. The molecule has 0 saturated heterocycles. The molecule has 25 heavy (non-hydrogen) atoms. The van der Waals surface area contributed by atoms with E-state index in [1.54, 1.807) is 6.92 Å². The number of nitrogens with zero attached hydrogens (tertiary/aromatic N) is 3. The van der Waals surface area contributed by atoms with Crippen LogP contribution in [0.1, 0.15) is 28.5 Å². The molecule has 2 rings (SSSR count). The Morgan fingerprint density at radius 2 is 1.92 bits per heavy atom. The minimum absolute atomic E-state index is 0.0173. The van der Waals surface area contributed by atoms with Crippen LogP contribution in [0, 0.1) is 0 Å². The van der Waals surface area contributed by atoms with E-state index in [1.807, 2.05) is 30.3 Å². The van der Waals surface area contributed by atoms with E-state index in [0.29, 0.717) is 0 Å². The molecule has 7 nitrogen and oxygen atoms in total. The van der Waals surface area contributed by atoms with Crippen LogP contribution in [0.15, 0.2) is 36.5 Å². The van der Waals surface area contributed by atoms with E-state index in [9.17, 15) is 9.59 Å². The van der Waals surface area contributed by atoms with Gasteiger partial charge in [-0.15, -0.1) is 11.6 Å². The van der Waals surface area contributed by atoms with Crippen molar-refractivity contribution in [2.24, 2.45) is 0 Å². The lowest BCUT2D eigenvalue weighted by atomic mass is 10.2. The van der Waals surface area contributed by atoms with E-state index in [-0.39, 0.29) is 36.3 Å². The van der Waals surface area contributed by atoms with E-state index in [0.717, 1.165) is 10.5 Å². The molecule has 1 amide bonds. The first-order valence-electron chi connectivity index (χ1n) is 7.60. The van der Waals surface area contributed by atoms with Gasteiger partial charge in [-0.2, -0.15) is 0 Å². The molecule has 1 heterocycles. The highest BCUT2D eigenvalue weighted by Crippen LogP contribution is 2.15. The van der Waals surface area contributed by atoms with Crippen LogP contribution in [0.3, 0.4) is 0 Å². The Morgan fingerprint density at radius 3 is 2.56 bits per heavy atom. The predicted molar refractivity (Wildman–Crippen MR) is 92.6 cm³/mol. The summed E-state index contributed by atoms with van der Waals surface area (Å²) in [6.45, 7) is 2.06. The molecule has 0 bridgehead atoms. The van der Waals surface area contributed by atoms with Crippen molar-refractivity contribution in [2.75, 3.05) is 18.6 Å². The number of halogens is 1. The number of amides is 1. The molecule has 0 aliphatic rings. The maximum Gasteiger partial charge on any atom is 0.416 e. The van der Waals surface area contributed by atoms with Crippen molar-refractivity contribution in [3.8, 4) is 0 Å². The number of carbonyl (C=O) groups excluding carboxylic acids is 2. The van der Waals surface area contributed by atoms with Crippen molar-refractivity contribution < 1.29 is 19.1 Å². The van der Waals surface area contributed by atoms with Gasteiger partial charge in [0.25, 0.3) is 0 Å². The number of carbonyl (C=O) groups is 2. The first-order chi connectivity index (χ1) is 12.1. The smallest absolute Gasteiger partial charge is 0.416 e. The monoisotopic (exact) mass is 363 g/mol. The van der Waals surface area contributed by atoms with Crippen LogP contribution >= 0.6 is 11.6 Å². The summed E-state index contributed by atoms with van der Waals surface area (Å²) in [5, 5.41) is 0. The molecule has 2 aromatic rings. The molecule has 0 aliphatic carbocycles. The largest absolute Gasteiger partial charge is 0.462 e. The molecule has 132 valence electrons. The number of anilines is 1. The van der Waals surface area contributed by atoms with Crippen LogP contribution in [0.25, 0.3) is 0 Å². The molecule has 0 N–H and O–H groups in total. The highest BCUT2D eigenvalue weighted by atomic mass is 35.5. The average molecular weight is 364 g/mol. The minimum Gasteiger partial charge on any atom is -0.462 e. The van der Waals surface area contributed by atoms with Crippen molar-refractivity contribution in [3.05, 3.63) is 53.3 Å². The van der Waals surface area contributed by atoms with E-state index in [4.69, 9.17) is 21.1 Å². The number of ether oxygens (including phenoxy) is 2. The number of aromatic nitrogens is 2. The molecular weight excluding hydrogens is 346 g/mol. The van der Waals surface area contributed by atoms with Gasteiger partial charge in [0, 0.05) is 13.2 Å². The van der Waals surface area contributed by atoms with Crippen LogP contribution in [0.4, 0.5) is 10.7 Å². The summed E-state index contributed by atoms with van der Waals surface area (Å²) < 4.78 is 10.1. The van der Waals surface area contributed by atoms with Gasteiger partial charge in [-0.3, -0.25) is 0 Å². The van der Waals surface area contributed by atoms with E-state index < -0.39 is 12.1 Å². The van der Waals surface area contributed by atoms with Gasteiger partial charge in [0.2, 0.25) is 5.95 Å². The molecule has 0 spiro atoms. The number of rotatable bonds is 6. The molecular formula is C17H18ClN3O4. The van der Waals surface area contributed by atoms with Crippen LogP contribution in [-0.2, 0) is 22.0 Å². The summed E-state index contributed by atoms with van der Waals surface area (Å²) in [6, 6.07) is 9.30. The number of esters is 1. The van der Waals surface area contributed by atoms with E-state index >= 15 is 0 Å². The van der Waals surface area contributed by atoms with Gasteiger partial charge >= 0.3 is 12.1 Å². The zero-order chi connectivity index (χ0) is 18.2. The maximum absolute atomic E-state index is 12.1. The Balaban J connectivity index is 2.08. The second-order valence-corrected chi connectivity index (χ2v) is 5.25. The molecule has 0 aliphatic heterocycles. The van der Waals surface area contributed by atoms with Crippen molar-refractivity contribution in [3.63, 3.8) is 0 Å². The van der Waals surface area contributed by atoms with Crippen molar-refractivity contribution >= 4 is 29.6 Å². The Labute approximate surface area is 150 Å². The maximum atomic E-state index is 12.1. The normalized spacial score (nSPS) is 10.2. The third kappa shape index (κ3) is 4.90. The molecule has 0 fully saturated rings. The summed E-state index contributed by atoms with van der Waals surface area (Å²) in [6.07, 6.45) is 0.673. The van der Waals surface area contributed by atoms with E-state index in [2.05, 4.69) is 9.97 Å². The highest BCUT2D eigenvalue weighted by Gasteiger charge is 2.20. The summed E-state index contributed by atoms with van der Waals surface area (Å²) in [4.78, 5) is 33.3. The van der Waals surface area contributed by atoms with Gasteiger partial charge in [0.05, 0.1) is 18.2 Å². The van der Waals surface area contributed by atoms with Crippen molar-refractivity contribution in [1.29, 1.82) is 0 Å². The van der Waals surface area contributed by atoms with Crippen LogP contribution in [0.5, 0.6) is 0 Å². The summed E-state index contributed by atoms with van der Waals surface area (Å²) in [5.41, 5.74) is 1.32. The van der Waals surface area contributed by atoms with Crippen LogP contribution in [-0.4, -0.2) is 35.7 Å². The molecule has 8 heteroatoms. The number of hydrogen-bond donors (Lipinski definition) is 0. The first-order valence-corrected chi connectivity index (χ1v) is 8.13. The van der Waals surface area contributed by atoms with Gasteiger partial charge in [0.1, 0.15) is 12.2 Å². The zero-order valence-electron chi connectivity index (χ0n) is 13.9. The second kappa shape index (κ2) is 8.98. The van der Waals surface area contributed by atoms with Gasteiger partial charge < -0.3 is 9.47 Å². The summed E-state index contributed by atoms with van der Waals surface area (Å²) in [5.74, 6) is -0.489. The lowest BCUT2D eigenvalue weighted by Crippen LogP contribution is -2.29. The van der Waals surface area contributed by atoms with E-state index in [1.165, 1.54) is 13.2 Å². The third-order valence-corrected chi connectivity index (χ3v) is 3.51. The third-order valence-electron chi connectivity index (χ3n) is 3.26. The number of benzene rings is 1. The van der Waals surface area contributed by atoms with Gasteiger partial charge in [-0.1, -0.05) is 30.3 Å². The molecule has 0 saturated carbocycles. The fourth-order valence-corrected chi connectivity index (χ4v) is 2.15. The van der Waals surface area contributed by atoms with Crippen LogP contribution in [0.2, 0.25) is 0 Å².